The Bertz CT molecular complexity index is 913. The van der Waals surface area contributed by atoms with Gasteiger partial charge in [-0.3, -0.25) is 9.78 Å². The Morgan fingerprint density at radius 2 is 1.83 bits per heavy atom. The molecule has 1 aromatic carbocycles. The van der Waals surface area contributed by atoms with Gasteiger partial charge >= 0.3 is 11.9 Å². The molecule has 3 atom stereocenters. The zero-order valence-electron chi connectivity index (χ0n) is 16.9. The van der Waals surface area contributed by atoms with Crippen LogP contribution in [0.3, 0.4) is 0 Å². The van der Waals surface area contributed by atoms with Crippen LogP contribution >= 0.6 is 0 Å². The number of benzene rings is 1. The molecule has 6 heteroatoms. The van der Waals surface area contributed by atoms with E-state index in [1.54, 1.807) is 18.3 Å². The fourth-order valence-electron chi connectivity index (χ4n) is 4.36. The van der Waals surface area contributed by atoms with E-state index < -0.39 is 28.5 Å². The first-order valence-electron chi connectivity index (χ1n) is 9.83. The molecule has 6 nitrogen and oxygen atoms in total. The molecule has 0 spiro atoms. The van der Waals surface area contributed by atoms with Crippen LogP contribution in [0.15, 0.2) is 54.7 Å². The highest BCUT2D eigenvalue weighted by atomic mass is 16.6. The summed E-state index contributed by atoms with van der Waals surface area (Å²) in [6.07, 6.45) is 1.97. The van der Waals surface area contributed by atoms with Gasteiger partial charge in [-0.2, -0.15) is 0 Å². The molecule has 0 amide bonds. The van der Waals surface area contributed by atoms with Crippen molar-refractivity contribution in [1.82, 2.24) is 4.98 Å². The molecule has 2 aromatic rings. The monoisotopic (exact) mass is 395 g/mol. The third-order valence-electron chi connectivity index (χ3n) is 6.82. The number of pyridine rings is 1. The predicted molar refractivity (Wildman–Crippen MR) is 105 cm³/mol. The summed E-state index contributed by atoms with van der Waals surface area (Å²) in [4.78, 5) is 30.2. The Balaban J connectivity index is 1.58. The number of hydrogen-bond donors (Lipinski definition) is 0. The number of para-hydroxylation sites is 1. The number of carbonyl (C=O) groups excluding carboxylic acids is 2. The molecular weight excluding hydrogens is 370 g/mol. The van der Waals surface area contributed by atoms with Crippen molar-refractivity contribution >= 4 is 11.9 Å². The van der Waals surface area contributed by atoms with Crippen molar-refractivity contribution in [2.75, 3.05) is 6.61 Å². The van der Waals surface area contributed by atoms with Crippen molar-refractivity contribution in [3.63, 3.8) is 0 Å². The summed E-state index contributed by atoms with van der Waals surface area (Å²) in [6, 6.07) is 14.7. The number of carbonyl (C=O) groups is 2. The number of ether oxygens (including phenoxy) is 3. The molecule has 1 aromatic heterocycles. The predicted octanol–water partition coefficient (Wildman–Crippen LogP) is 3.87. The van der Waals surface area contributed by atoms with Crippen LogP contribution in [-0.2, 0) is 19.1 Å². The molecule has 0 N–H and O–H groups in total. The lowest BCUT2D eigenvalue weighted by molar-refractivity contribution is -0.188. The maximum absolute atomic E-state index is 13.3. The Morgan fingerprint density at radius 1 is 1.10 bits per heavy atom. The van der Waals surface area contributed by atoms with Crippen LogP contribution in [0.2, 0.25) is 0 Å². The summed E-state index contributed by atoms with van der Waals surface area (Å²) in [5.41, 5.74) is -2.05. The number of esters is 2. The first-order chi connectivity index (χ1) is 13.8. The second-order valence-electron chi connectivity index (χ2n) is 8.45. The van der Waals surface area contributed by atoms with E-state index >= 15 is 0 Å². The normalized spacial score (nSPS) is 27.9. The van der Waals surface area contributed by atoms with Gasteiger partial charge in [0.25, 0.3) is 0 Å². The van der Waals surface area contributed by atoms with Crippen LogP contribution in [0.1, 0.15) is 45.4 Å². The standard InChI is InChI=1S/C23H25NO5/c1-21(2)22(3)12-13-23(21,29-19(22)25)20(26)28-18(17-11-7-8-14-24-17)15-27-16-9-5-4-6-10-16/h4-11,14,18H,12-13,15H2,1-3H3/t18-,22+,23-/m1/s1. The summed E-state index contributed by atoms with van der Waals surface area (Å²) in [6.45, 7) is 5.78. The van der Waals surface area contributed by atoms with Gasteiger partial charge in [0.2, 0.25) is 5.60 Å². The molecule has 1 aliphatic heterocycles. The Morgan fingerprint density at radius 3 is 2.41 bits per heavy atom. The molecule has 2 aliphatic rings. The number of rotatable bonds is 6. The fraction of sp³-hybridized carbons (Fsp3) is 0.435. The van der Waals surface area contributed by atoms with Gasteiger partial charge in [-0.25, -0.2) is 4.79 Å². The number of nitrogens with zero attached hydrogens (tertiary/aromatic N) is 1. The molecule has 2 fully saturated rings. The van der Waals surface area contributed by atoms with Crippen LogP contribution in [0, 0.1) is 10.8 Å². The van der Waals surface area contributed by atoms with Gasteiger partial charge < -0.3 is 14.2 Å². The molecule has 29 heavy (non-hydrogen) atoms. The SMILES string of the molecule is CC1(C)[C@@]2(C)CC[C@]1(C(=O)O[C@H](COc1ccccc1)c1ccccn1)OC2=O. The minimum atomic E-state index is -1.28. The number of aromatic nitrogens is 1. The topological polar surface area (TPSA) is 74.7 Å². The highest BCUT2D eigenvalue weighted by Crippen LogP contribution is 2.66. The lowest BCUT2D eigenvalue weighted by Gasteiger charge is -2.35. The summed E-state index contributed by atoms with van der Waals surface area (Å²) in [5, 5.41) is 0. The van der Waals surface area contributed by atoms with Crippen LogP contribution < -0.4 is 4.74 Å². The smallest absolute Gasteiger partial charge is 0.352 e. The third kappa shape index (κ3) is 2.89. The molecule has 2 heterocycles. The Labute approximate surface area is 170 Å². The van der Waals surface area contributed by atoms with Crippen LogP contribution in [0.4, 0.5) is 0 Å². The summed E-state index contributed by atoms with van der Waals surface area (Å²) in [5.74, 6) is -0.200. The molecule has 152 valence electrons. The third-order valence-corrected chi connectivity index (χ3v) is 6.82. The molecule has 0 radical (unpaired) electrons. The summed E-state index contributed by atoms with van der Waals surface area (Å²) in [7, 11) is 0. The van der Waals surface area contributed by atoms with E-state index in [2.05, 4.69) is 4.98 Å². The minimum absolute atomic E-state index is 0.106. The lowest BCUT2D eigenvalue weighted by Crippen LogP contribution is -2.49. The quantitative estimate of drug-likeness (QED) is 0.692. The zero-order valence-corrected chi connectivity index (χ0v) is 16.9. The Kier molecular flexibility index (Phi) is 4.60. The van der Waals surface area contributed by atoms with Crippen molar-refractivity contribution in [3.05, 3.63) is 60.4 Å². The van der Waals surface area contributed by atoms with Gasteiger partial charge in [-0.05, 0) is 44.0 Å². The fourth-order valence-corrected chi connectivity index (χ4v) is 4.36. The first-order valence-corrected chi connectivity index (χ1v) is 9.83. The second kappa shape index (κ2) is 6.87. The van der Waals surface area contributed by atoms with Crippen LogP contribution in [0.25, 0.3) is 0 Å². The van der Waals surface area contributed by atoms with Gasteiger partial charge in [0.15, 0.2) is 6.10 Å². The summed E-state index contributed by atoms with van der Waals surface area (Å²) >= 11 is 0. The maximum atomic E-state index is 13.3. The molecule has 4 rings (SSSR count). The molecular formula is C23H25NO5. The van der Waals surface area contributed by atoms with E-state index in [9.17, 15) is 9.59 Å². The van der Waals surface area contributed by atoms with Crippen molar-refractivity contribution in [3.8, 4) is 5.75 Å². The largest absolute Gasteiger partial charge is 0.489 e. The first kappa shape index (κ1) is 19.4. The molecule has 1 saturated carbocycles. The zero-order chi connectivity index (χ0) is 20.7. The average molecular weight is 395 g/mol. The van der Waals surface area contributed by atoms with Crippen molar-refractivity contribution < 1.29 is 23.8 Å². The average Bonchev–Trinajstić information content (AvgIpc) is 3.03. The van der Waals surface area contributed by atoms with Gasteiger partial charge in [-0.15, -0.1) is 0 Å². The Hall–Kier alpha value is -2.89. The van der Waals surface area contributed by atoms with Gasteiger partial charge in [0.05, 0.1) is 11.1 Å². The molecule has 0 unspecified atom stereocenters. The highest BCUT2D eigenvalue weighted by molar-refractivity contribution is 5.93. The van der Waals surface area contributed by atoms with E-state index in [1.807, 2.05) is 57.2 Å². The highest BCUT2D eigenvalue weighted by Gasteiger charge is 2.76. The van der Waals surface area contributed by atoms with E-state index in [0.717, 1.165) is 0 Å². The van der Waals surface area contributed by atoms with Crippen molar-refractivity contribution in [2.24, 2.45) is 10.8 Å². The second-order valence-corrected chi connectivity index (χ2v) is 8.45. The molecule has 1 aliphatic carbocycles. The maximum Gasteiger partial charge on any atom is 0.352 e. The van der Waals surface area contributed by atoms with E-state index in [1.165, 1.54) is 0 Å². The van der Waals surface area contributed by atoms with Crippen LogP contribution in [0.5, 0.6) is 5.75 Å². The molecule has 2 bridgehead atoms. The van der Waals surface area contributed by atoms with Crippen molar-refractivity contribution in [2.45, 2.75) is 45.3 Å². The van der Waals surface area contributed by atoms with Crippen LogP contribution in [-0.4, -0.2) is 29.1 Å². The van der Waals surface area contributed by atoms with Gasteiger partial charge in [0.1, 0.15) is 12.4 Å². The van der Waals surface area contributed by atoms with E-state index in [-0.39, 0.29) is 12.6 Å². The van der Waals surface area contributed by atoms with Gasteiger partial charge in [0, 0.05) is 11.6 Å². The number of hydrogen-bond acceptors (Lipinski definition) is 6. The van der Waals surface area contributed by atoms with E-state index in [0.29, 0.717) is 24.3 Å². The minimum Gasteiger partial charge on any atom is -0.489 e. The number of fused-ring (bicyclic) bond motifs is 2. The van der Waals surface area contributed by atoms with Crippen molar-refractivity contribution in [1.29, 1.82) is 0 Å². The lowest BCUT2D eigenvalue weighted by atomic mass is 9.66. The van der Waals surface area contributed by atoms with E-state index in [4.69, 9.17) is 14.2 Å². The summed E-state index contributed by atoms with van der Waals surface area (Å²) < 4.78 is 17.4. The van der Waals surface area contributed by atoms with Gasteiger partial charge in [-0.1, -0.05) is 38.1 Å². The molecule has 1 saturated heterocycles.